The standard InChI is InChI=1S/C15H21N3O2S/c1-12-3-2-4-13(11-12)14(20)16-15(21)18-7-5-17(6-8-18)9-10-19/h2-4,11,19H,5-10H2,1H3,(H,16,20,21)/p+1. The molecule has 1 aromatic carbocycles. The molecule has 1 aliphatic rings. The zero-order valence-electron chi connectivity index (χ0n) is 12.3. The lowest BCUT2D eigenvalue weighted by molar-refractivity contribution is -0.904. The van der Waals surface area contributed by atoms with E-state index in [9.17, 15) is 4.79 Å². The smallest absolute Gasteiger partial charge is 0.257 e. The van der Waals surface area contributed by atoms with E-state index < -0.39 is 0 Å². The summed E-state index contributed by atoms with van der Waals surface area (Å²) in [5.74, 6) is -0.158. The first-order valence-corrected chi connectivity index (χ1v) is 7.62. The van der Waals surface area contributed by atoms with Gasteiger partial charge < -0.3 is 14.9 Å². The highest BCUT2D eigenvalue weighted by Crippen LogP contribution is 2.04. The monoisotopic (exact) mass is 308 g/mol. The van der Waals surface area contributed by atoms with Crippen LogP contribution >= 0.6 is 12.2 Å². The van der Waals surface area contributed by atoms with E-state index in [1.807, 2.05) is 30.0 Å². The summed E-state index contributed by atoms with van der Waals surface area (Å²) in [7, 11) is 0. The van der Waals surface area contributed by atoms with Crippen LogP contribution in [-0.2, 0) is 0 Å². The number of carbonyl (C=O) groups excluding carboxylic acids is 1. The van der Waals surface area contributed by atoms with Crippen LogP contribution in [0.5, 0.6) is 0 Å². The Morgan fingerprint density at radius 2 is 2.14 bits per heavy atom. The number of aryl methyl sites for hydroxylation is 1. The van der Waals surface area contributed by atoms with E-state index in [-0.39, 0.29) is 12.5 Å². The Bertz CT molecular complexity index is 513. The fourth-order valence-corrected chi connectivity index (χ4v) is 2.74. The van der Waals surface area contributed by atoms with Gasteiger partial charge in [0.05, 0.1) is 32.8 Å². The second kappa shape index (κ2) is 7.49. The Hall–Kier alpha value is -1.50. The summed E-state index contributed by atoms with van der Waals surface area (Å²) in [6, 6.07) is 7.46. The molecule has 0 spiro atoms. The van der Waals surface area contributed by atoms with Gasteiger partial charge in [-0.25, -0.2) is 0 Å². The number of piperazine rings is 1. The average molecular weight is 308 g/mol. The number of carbonyl (C=O) groups is 1. The van der Waals surface area contributed by atoms with Crippen LogP contribution in [0.4, 0.5) is 0 Å². The van der Waals surface area contributed by atoms with Crippen molar-refractivity contribution in [3.8, 4) is 0 Å². The maximum absolute atomic E-state index is 12.2. The predicted molar refractivity (Wildman–Crippen MR) is 85.5 cm³/mol. The molecular formula is C15H22N3O2S+. The highest BCUT2D eigenvalue weighted by molar-refractivity contribution is 7.80. The quantitative estimate of drug-likeness (QED) is 0.640. The summed E-state index contributed by atoms with van der Waals surface area (Å²) in [5, 5.41) is 12.2. The largest absolute Gasteiger partial charge is 0.391 e. The zero-order chi connectivity index (χ0) is 15.2. The lowest BCUT2D eigenvalue weighted by Gasteiger charge is -2.33. The molecule has 0 unspecified atom stereocenters. The van der Waals surface area contributed by atoms with Crippen molar-refractivity contribution in [2.75, 3.05) is 39.3 Å². The van der Waals surface area contributed by atoms with Crippen molar-refractivity contribution in [1.29, 1.82) is 0 Å². The van der Waals surface area contributed by atoms with Gasteiger partial charge in [-0.3, -0.25) is 10.1 Å². The van der Waals surface area contributed by atoms with Gasteiger partial charge in [-0.05, 0) is 31.3 Å². The Balaban J connectivity index is 1.86. The summed E-state index contributed by atoms with van der Waals surface area (Å²) in [4.78, 5) is 15.5. The van der Waals surface area contributed by atoms with Crippen molar-refractivity contribution < 1.29 is 14.8 Å². The number of hydrogen-bond acceptors (Lipinski definition) is 3. The van der Waals surface area contributed by atoms with Crippen molar-refractivity contribution in [3.05, 3.63) is 35.4 Å². The first kappa shape index (κ1) is 15.9. The molecule has 6 heteroatoms. The van der Waals surface area contributed by atoms with Gasteiger partial charge in [-0.2, -0.15) is 0 Å². The lowest BCUT2D eigenvalue weighted by Crippen LogP contribution is -3.15. The Morgan fingerprint density at radius 3 is 2.76 bits per heavy atom. The maximum atomic E-state index is 12.2. The van der Waals surface area contributed by atoms with Crippen LogP contribution in [0.15, 0.2) is 24.3 Å². The molecule has 1 heterocycles. The lowest BCUT2D eigenvalue weighted by atomic mass is 10.1. The van der Waals surface area contributed by atoms with Gasteiger partial charge in [-0.1, -0.05) is 17.7 Å². The van der Waals surface area contributed by atoms with Gasteiger partial charge in [0.2, 0.25) is 0 Å². The molecule has 0 saturated carbocycles. The Kier molecular flexibility index (Phi) is 5.67. The van der Waals surface area contributed by atoms with Gasteiger partial charge in [0.25, 0.3) is 5.91 Å². The second-order valence-corrected chi connectivity index (χ2v) is 5.73. The summed E-state index contributed by atoms with van der Waals surface area (Å²) < 4.78 is 0. The molecule has 2 rings (SSSR count). The molecule has 0 atom stereocenters. The van der Waals surface area contributed by atoms with E-state index in [4.69, 9.17) is 17.3 Å². The number of rotatable bonds is 3. The Morgan fingerprint density at radius 1 is 1.43 bits per heavy atom. The number of nitrogens with one attached hydrogen (secondary N) is 2. The van der Waals surface area contributed by atoms with Gasteiger partial charge in [0.1, 0.15) is 6.54 Å². The highest BCUT2D eigenvalue weighted by atomic mass is 32.1. The highest BCUT2D eigenvalue weighted by Gasteiger charge is 2.22. The molecule has 3 N–H and O–H groups in total. The number of benzene rings is 1. The van der Waals surface area contributed by atoms with Crippen LogP contribution in [0.25, 0.3) is 0 Å². The molecule has 1 aliphatic heterocycles. The number of hydrogen-bond donors (Lipinski definition) is 3. The summed E-state index contributed by atoms with van der Waals surface area (Å²) in [6.07, 6.45) is 0. The van der Waals surface area contributed by atoms with E-state index in [1.165, 1.54) is 4.90 Å². The van der Waals surface area contributed by atoms with Crippen LogP contribution in [0.2, 0.25) is 0 Å². The third-order valence-corrected chi connectivity index (χ3v) is 4.08. The Labute approximate surface area is 130 Å². The molecule has 1 saturated heterocycles. The molecule has 1 fully saturated rings. The van der Waals surface area contributed by atoms with Crippen molar-refractivity contribution in [3.63, 3.8) is 0 Å². The van der Waals surface area contributed by atoms with Gasteiger partial charge in [0.15, 0.2) is 5.11 Å². The third-order valence-electron chi connectivity index (χ3n) is 3.72. The first-order chi connectivity index (χ1) is 10.1. The van der Waals surface area contributed by atoms with Crippen molar-refractivity contribution >= 4 is 23.2 Å². The fourth-order valence-electron chi connectivity index (χ4n) is 2.47. The molecule has 0 aliphatic carbocycles. The van der Waals surface area contributed by atoms with Crippen LogP contribution in [0.1, 0.15) is 15.9 Å². The summed E-state index contributed by atoms with van der Waals surface area (Å²) >= 11 is 5.32. The molecule has 0 aromatic heterocycles. The maximum Gasteiger partial charge on any atom is 0.257 e. The number of nitrogens with zero attached hydrogens (tertiary/aromatic N) is 1. The number of aliphatic hydroxyl groups is 1. The number of thiocarbonyl (C=S) groups is 1. The van der Waals surface area contributed by atoms with Crippen LogP contribution < -0.4 is 10.2 Å². The molecule has 0 bridgehead atoms. The number of amides is 1. The van der Waals surface area contributed by atoms with Gasteiger partial charge >= 0.3 is 0 Å². The molecular weight excluding hydrogens is 286 g/mol. The van der Waals surface area contributed by atoms with E-state index in [0.717, 1.165) is 38.3 Å². The molecule has 5 nitrogen and oxygen atoms in total. The number of quaternary nitrogens is 1. The molecule has 0 radical (unpaired) electrons. The van der Waals surface area contributed by atoms with E-state index in [1.54, 1.807) is 6.07 Å². The van der Waals surface area contributed by atoms with Gasteiger partial charge in [-0.15, -0.1) is 0 Å². The van der Waals surface area contributed by atoms with Gasteiger partial charge in [0, 0.05) is 5.56 Å². The zero-order valence-corrected chi connectivity index (χ0v) is 13.1. The van der Waals surface area contributed by atoms with Crippen molar-refractivity contribution in [1.82, 2.24) is 10.2 Å². The normalized spacial score (nSPS) is 15.8. The van der Waals surface area contributed by atoms with Crippen LogP contribution in [0, 0.1) is 6.92 Å². The van der Waals surface area contributed by atoms with Crippen molar-refractivity contribution in [2.24, 2.45) is 0 Å². The summed E-state index contributed by atoms with van der Waals surface area (Å²) in [5.41, 5.74) is 1.68. The number of aliphatic hydroxyl groups excluding tert-OH is 1. The first-order valence-electron chi connectivity index (χ1n) is 7.21. The van der Waals surface area contributed by atoms with E-state index >= 15 is 0 Å². The average Bonchev–Trinajstić information content (AvgIpc) is 2.48. The minimum absolute atomic E-state index is 0.158. The third kappa shape index (κ3) is 4.49. The summed E-state index contributed by atoms with van der Waals surface area (Å²) in [6.45, 7) is 6.42. The minimum atomic E-state index is -0.158. The molecule has 1 aromatic rings. The van der Waals surface area contributed by atoms with Crippen LogP contribution in [-0.4, -0.2) is 60.4 Å². The molecule has 114 valence electrons. The van der Waals surface area contributed by atoms with E-state index in [0.29, 0.717) is 10.7 Å². The SMILES string of the molecule is Cc1cccc(C(=O)NC(=S)N2CC[NH+](CCO)CC2)c1. The minimum Gasteiger partial charge on any atom is -0.391 e. The fraction of sp³-hybridized carbons (Fsp3) is 0.467. The van der Waals surface area contributed by atoms with Crippen LogP contribution in [0.3, 0.4) is 0 Å². The van der Waals surface area contributed by atoms with E-state index in [2.05, 4.69) is 5.32 Å². The molecule has 1 amide bonds. The van der Waals surface area contributed by atoms with Crippen molar-refractivity contribution in [2.45, 2.75) is 6.92 Å². The predicted octanol–water partition coefficient (Wildman–Crippen LogP) is -0.797. The second-order valence-electron chi connectivity index (χ2n) is 5.34. The topological polar surface area (TPSA) is 57.0 Å². The molecule has 21 heavy (non-hydrogen) atoms.